The van der Waals surface area contributed by atoms with E-state index in [-0.39, 0.29) is 0 Å². The third kappa shape index (κ3) is 4.04. The normalized spacial score (nSPS) is 11.8. The molecular weight excluding hydrogens is 583 g/mol. The summed E-state index contributed by atoms with van der Waals surface area (Å²) in [6.45, 7) is 0. The lowest BCUT2D eigenvalue weighted by atomic mass is 10.0. The molecule has 3 heteroatoms. The molecule has 0 radical (unpaired) electrons. The van der Waals surface area contributed by atoms with Crippen LogP contribution in [-0.4, -0.2) is 14.1 Å². The quantitative estimate of drug-likeness (QED) is 0.194. The van der Waals surface area contributed by atoms with Crippen LogP contribution in [0.25, 0.3) is 88.1 Å². The zero-order valence-corrected chi connectivity index (χ0v) is 26.1. The molecule has 3 heterocycles. The van der Waals surface area contributed by atoms with Crippen LogP contribution in [0.15, 0.2) is 176 Å². The van der Waals surface area contributed by atoms with Gasteiger partial charge < -0.3 is 9.13 Å². The Morgan fingerprint density at radius 2 is 0.979 bits per heavy atom. The van der Waals surface area contributed by atoms with Gasteiger partial charge in [0.1, 0.15) is 0 Å². The molecule has 0 amide bonds. The summed E-state index contributed by atoms with van der Waals surface area (Å²) in [6, 6.07) is 61.3. The van der Waals surface area contributed by atoms with Gasteiger partial charge in [-0.05, 0) is 77.4 Å². The molecule has 3 aromatic heterocycles. The zero-order chi connectivity index (χ0) is 31.6. The molecule has 0 aliphatic rings. The van der Waals surface area contributed by atoms with Crippen LogP contribution >= 0.6 is 0 Å². The van der Waals surface area contributed by atoms with Crippen molar-refractivity contribution in [3.8, 4) is 33.6 Å². The number of benzene rings is 7. The monoisotopic (exact) mass is 611 g/mol. The standard InChI is InChI=1S/C45H29N3/c1-2-11-30(12-3-1)35-14-4-7-17-41(35)48-43-19-9-6-16-37(43)39-28-33(22-25-45(39)48)32-21-24-44-38(27-32)36-15-5-8-18-42(36)47(44)34-23-20-31-13-10-26-46-40(31)29-34/h1-29H. The fraction of sp³-hybridized carbons (Fsp3) is 0. The van der Waals surface area contributed by atoms with Gasteiger partial charge in [0.05, 0.1) is 33.3 Å². The van der Waals surface area contributed by atoms with Gasteiger partial charge in [-0.3, -0.25) is 4.98 Å². The Kier molecular flexibility index (Phi) is 5.87. The van der Waals surface area contributed by atoms with Crippen LogP contribution in [0, 0.1) is 0 Å². The van der Waals surface area contributed by atoms with E-state index in [9.17, 15) is 0 Å². The van der Waals surface area contributed by atoms with Gasteiger partial charge in [0, 0.05) is 44.4 Å². The largest absolute Gasteiger partial charge is 0.309 e. The maximum Gasteiger partial charge on any atom is 0.0722 e. The highest BCUT2D eigenvalue weighted by molar-refractivity contribution is 6.13. The summed E-state index contributed by atoms with van der Waals surface area (Å²) in [5.74, 6) is 0. The summed E-state index contributed by atoms with van der Waals surface area (Å²) in [5.41, 5.74) is 12.9. The average Bonchev–Trinajstić information content (AvgIpc) is 3.67. The highest BCUT2D eigenvalue weighted by Gasteiger charge is 2.17. The molecule has 0 saturated heterocycles. The lowest BCUT2D eigenvalue weighted by molar-refractivity contribution is 1.18. The van der Waals surface area contributed by atoms with Gasteiger partial charge in [0.2, 0.25) is 0 Å². The van der Waals surface area contributed by atoms with E-state index in [1.807, 2.05) is 12.3 Å². The highest BCUT2D eigenvalue weighted by atomic mass is 15.0. The second kappa shape index (κ2) is 10.5. The first-order valence-electron chi connectivity index (χ1n) is 16.4. The van der Waals surface area contributed by atoms with Crippen LogP contribution in [0.1, 0.15) is 0 Å². The van der Waals surface area contributed by atoms with Crippen molar-refractivity contribution in [2.45, 2.75) is 0 Å². The zero-order valence-electron chi connectivity index (χ0n) is 26.1. The minimum absolute atomic E-state index is 0.997. The summed E-state index contributed by atoms with van der Waals surface area (Å²) in [6.07, 6.45) is 1.86. The molecule has 48 heavy (non-hydrogen) atoms. The first kappa shape index (κ1) is 26.7. The van der Waals surface area contributed by atoms with E-state index < -0.39 is 0 Å². The second-order valence-electron chi connectivity index (χ2n) is 12.4. The Labute approximate surface area is 277 Å². The van der Waals surface area contributed by atoms with E-state index in [1.54, 1.807) is 0 Å². The number of fused-ring (bicyclic) bond motifs is 7. The Hall–Kier alpha value is -6.45. The molecule has 0 fully saturated rings. The van der Waals surface area contributed by atoms with Crippen LogP contribution in [0.2, 0.25) is 0 Å². The summed E-state index contributed by atoms with van der Waals surface area (Å²) in [5, 5.41) is 6.12. The number of pyridine rings is 1. The van der Waals surface area contributed by atoms with Gasteiger partial charge in [-0.15, -0.1) is 0 Å². The fourth-order valence-corrected chi connectivity index (χ4v) is 7.57. The van der Waals surface area contributed by atoms with Gasteiger partial charge in [-0.1, -0.05) is 109 Å². The van der Waals surface area contributed by atoms with E-state index >= 15 is 0 Å². The lowest BCUT2D eigenvalue weighted by Crippen LogP contribution is -1.97. The van der Waals surface area contributed by atoms with E-state index in [0.717, 1.165) is 16.6 Å². The lowest BCUT2D eigenvalue weighted by Gasteiger charge is -2.14. The summed E-state index contributed by atoms with van der Waals surface area (Å²) < 4.78 is 4.79. The molecule has 0 unspecified atom stereocenters. The molecule has 10 aromatic rings. The number of para-hydroxylation sites is 3. The minimum atomic E-state index is 0.997. The number of aromatic nitrogens is 3. The maximum atomic E-state index is 4.64. The van der Waals surface area contributed by atoms with Crippen LogP contribution in [0.4, 0.5) is 0 Å². The highest BCUT2D eigenvalue weighted by Crippen LogP contribution is 2.40. The molecular formula is C45H29N3. The maximum absolute atomic E-state index is 4.64. The molecule has 7 aromatic carbocycles. The molecule has 0 aliphatic carbocycles. The molecule has 0 saturated carbocycles. The van der Waals surface area contributed by atoms with Gasteiger partial charge >= 0.3 is 0 Å². The number of rotatable bonds is 4. The summed E-state index contributed by atoms with van der Waals surface area (Å²) >= 11 is 0. The van der Waals surface area contributed by atoms with Gasteiger partial charge in [0.25, 0.3) is 0 Å². The second-order valence-corrected chi connectivity index (χ2v) is 12.4. The molecule has 10 rings (SSSR count). The van der Waals surface area contributed by atoms with Crippen LogP contribution < -0.4 is 0 Å². The topological polar surface area (TPSA) is 22.8 Å². The Balaban J connectivity index is 1.16. The van der Waals surface area contributed by atoms with Crippen molar-refractivity contribution >= 4 is 54.5 Å². The van der Waals surface area contributed by atoms with E-state index in [4.69, 9.17) is 0 Å². The smallest absolute Gasteiger partial charge is 0.0722 e. The van der Waals surface area contributed by atoms with Crippen molar-refractivity contribution < 1.29 is 0 Å². The average molecular weight is 612 g/mol. The summed E-state index contributed by atoms with van der Waals surface area (Å²) in [7, 11) is 0. The number of hydrogen-bond donors (Lipinski definition) is 0. The molecule has 0 N–H and O–H groups in total. The Bertz CT molecular complexity index is 2840. The van der Waals surface area contributed by atoms with Crippen molar-refractivity contribution in [1.82, 2.24) is 14.1 Å². The Morgan fingerprint density at radius 1 is 0.375 bits per heavy atom. The van der Waals surface area contributed by atoms with E-state index in [2.05, 4.69) is 178 Å². The molecule has 0 spiro atoms. The van der Waals surface area contributed by atoms with Gasteiger partial charge in [-0.2, -0.15) is 0 Å². The van der Waals surface area contributed by atoms with Crippen molar-refractivity contribution in [2.75, 3.05) is 0 Å². The molecule has 0 aliphatic heterocycles. The van der Waals surface area contributed by atoms with Crippen molar-refractivity contribution in [3.63, 3.8) is 0 Å². The van der Waals surface area contributed by atoms with Crippen molar-refractivity contribution in [1.29, 1.82) is 0 Å². The van der Waals surface area contributed by atoms with Crippen LogP contribution in [0.3, 0.4) is 0 Å². The third-order valence-corrected chi connectivity index (χ3v) is 9.76. The predicted octanol–water partition coefficient (Wildman–Crippen LogP) is 11.8. The summed E-state index contributed by atoms with van der Waals surface area (Å²) in [4.78, 5) is 4.64. The molecule has 224 valence electrons. The molecule has 0 bridgehead atoms. The predicted molar refractivity (Wildman–Crippen MR) is 201 cm³/mol. The molecule has 0 atom stereocenters. The number of hydrogen-bond acceptors (Lipinski definition) is 1. The van der Waals surface area contributed by atoms with Crippen LogP contribution in [0.5, 0.6) is 0 Å². The van der Waals surface area contributed by atoms with E-state index in [1.165, 1.54) is 71.6 Å². The first-order valence-corrected chi connectivity index (χ1v) is 16.4. The Morgan fingerprint density at radius 3 is 1.73 bits per heavy atom. The van der Waals surface area contributed by atoms with Gasteiger partial charge in [0.15, 0.2) is 0 Å². The molecule has 3 nitrogen and oxygen atoms in total. The van der Waals surface area contributed by atoms with Crippen molar-refractivity contribution in [2.24, 2.45) is 0 Å². The van der Waals surface area contributed by atoms with Crippen LogP contribution in [-0.2, 0) is 0 Å². The minimum Gasteiger partial charge on any atom is -0.309 e. The first-order chi connectivity index (χ1) is 23.8. The third-order valence-electron chi connectivity index (χ3n) is 9.76. The fourth-order valence-electron chi connectivity index (χ4n) is 7.57. The number of nitrogens with zero attached hydrogens (tertiary/aromatic N) is 3. The van der Waals surface area contributed by atoms with E-state index in [0.29, 0.717) is 0 Å². The SMILES string of the molecule is c1ccc(-c2ccccc2-n2c3ccccc3c3cc(-c4ccc5c(c4)c4ccccc4n5-c4ccc5cccnc5c4)ccc32)cc1. The van der Waals surface area contributed by atoms with Crippen molar-refractivity contribution in [3.05, 3.63) is 176 Å². The van der Waals surface area contributed by atoms with Gasteiger partial charge in [-0.25, -0.2) is 0 Å².